The zero-order valence-electron chi connectivity index (χ0n) is 17.0. The summed E-state index contributed by atoms with van der Waals surface area (Å²) in [5.74, 6) is -0.400. The SMILES string of the molecule is O=C(CCc1nc2ccccc2c(=O)[nH]1)O[C@H](C(=O)N1CCOCC1)c1ccccc1. The van der Waals surface area contributed by atoms with E-state index >= 15 is 0 Å². The van der Waals surface area contributed by atoms with E-state index < -0.39 is 12.1 Å². The quantitative estimate of drug-likeness (QED) is 0.611. The number of carbonyl (C=O) groups excluding carboxylic acids is 2. The molecular weight excluding hydrogens is 398 g/mol. The minimum atomic E-state index is -1.02. The van der Waals surface area contributed by atoms with Crippen LogP contribution in [0.1, 0.15) is 23.9 Å². The molecule has 1 saturated heterocycles. The van der Waals surface area contributed by atoms with E-state index in [0.717, 1.165) is 0 Å². The van der Waals surface area contributed by atoms with Crippen LogP contribution in [0, 0.1) is 0 Å². The normalized spacial score (nSPS) is 14.9. The van der Waals surface area contributed by atoms with Crippen LogP contribution in [-0.4, -0.2) is 53.0 Å². The molecule has 0 spiro atoms. The smallest absolute Gasteiger partial charge is 0.307 e. The van der Waals surface area contributed by atoms with Gasteiger partial charge in [0.2, 0.25) is 6.10 Å². The zero-order chi connectivity index (χ0) is 21.6. The van der Waals surface area contributed by atoms with Gasteiger partial charge in [0.1, 0.15) is 5.82 Å². The van der Waals surface area contributed by atoms with E-state index in [0.29, 0.717) is 48.6 Å². The Labute approximate surface area is 178 Å². The van der Waals surface area contributed by atoms with Gasteiger partial charge in [-0.15, -0.1) is 0 Å². The van der Waals surface area contributed by atoms with E-state index in [1.54, 1.807) is 53.4 Å². The average Bonchev–Trinajstić information content (AvgIpc) is 2.82. The molecule has 160 valence electrons. The van der Waals surface area contributed by atoms with Gasteiger partial charge in [-0.2, -0.15) is 0 Å². The van der Waals surface area contributed by atoms with Crippen molar-refractivity contribution >= 4 is 22.8 Å². The van der Waals surface area contributed by atoms with Gasteiger partial charge < -0.3 is 19.4 Å². The van der Waals surface area contributed by atoms with Gasteiger partial charge in [-0.3, -0.25) is 14.4 Å². The number of ether oxygens (including phenoxy) is 2. The Hall–Kier alpha value is -3.52. The van der Waals surface area contributed by atoms with Gasteiger partial charge in [-0.05, 0) is 12.1 Å². The topological polar surface area (TPSA) is 102 Å². The molecule has 1 amide bonds. The highest BCUT2D eigenvalue weighted by Gasteiger charge is 2.30. The molecule has 0 aliphatic carbocycles. The van der Waals surface area contributed by atoms with Crippen LogP contribution in [0.4, 0.5) is 0 Å². The summed E-state index contributed by atoms with van der Waals surface area (Å²) in [6, 6.07) is 16.0. The number of H-pyrrole nitrogens is 1. The number of aromatic nitrogens is 2. The van der Waals surface area contributed by atoms with Gasteiger partial charge in [0.15, 0.2) is 0 Å². The molecule has 0 saturated carbocycles. The molecule has 3 aromatic rings. The summed E-state index contributed by atoms with van der Waals surface area (Å²) in [7, 11) is 0. The molecule has 2 aromatic carbocycles. The van der Waals surface area contributed by atoms with Crippen LogP contribution in [0.2, 0.25) is 0 Å². The number of para-hydroxylation sites is 1. The lowest BCUT2D eigenvalue weighted by Gasteiger charge is -2.30. The third-order valence-corrected chi connectivity index (χ3v) is 5.13. The number of amides is 1. The van der Waals surface area contributed by atoms with Crippen LogP contribution in [0.25, 0.3) is 10.9 Å². The maximum absolute atomic E-state index is 13.0. The summed E-state index contributed by atoms with van der Waals surface area (Å²) in [6.07, 6.45) is -0.830. The first kappa shape index (κ1) is 20.7. The fourth-order valence-electron chi connectivity index (χ4n) is 3.50. The van der Waals surface area contributed by atoms with Crippen molar-refractivity contribution in [2.45, 2.75) is 18.9 Å². The predicted octanol–water partition coefficient (Wildman–Crippen LogP) is 2.00. The Morgan fingerprint density at radius 1 is 1.06 bits per heavy atom. The predicted molar refractivity (Wildman–Crippen MR) is 113 cm³/mol. The molecular formula is C23H23N3O5. The Kier molecular flexibility index (Phi) is 6.37. The van der Waals surface area contributed by atoms with Crippen molar-refractivity contribution in [3.63, 3.8) is 0 Å². The molecule has 1 atom stereocenters. The van der Waals surface area contributed by atoms with Gasteiger partial charge in [0.25, 0.3) is 11.5 Å². The Balaban J connectivity index is 1.46. The van der Waals surface area contributed by atoms with Gasteiger partial charge in [0, 0.05) is 25.1 Å². The third kappa shape index (κ3) is 4.97. The van der Waals surface area contributed by atoms with Crippen LogP contribution in [-0.2, 0) is 25.5 Å². The summed E-state index contributed by atoms with van der Waals surface area (Å²) in [5, 5.41) is 0.495. The van der Waals surface area contributed by atoms with Crippen molar-refractivity contribution in [3.05, 3.63) is 76.3 Å². The fraction of sp³-hybridized carbons (Fsp3) is 0.304. The number of carbonyl (C=O) groups is 2. The summed E-state index contributed by atoms with van der Waals surface area (Å²) in [4.78, 5) is 46.6. The van der Waals surface area contributed by atoms with Crippen molar-refractivity contribution < 1.29 is 19.1 Å². The van der Waals surface area contributed by atoms with E-state index in [4.69, 9.17) is 9.47 Å². The molecule has 2 heterocycles. The maximum atomic E-state index is 13.0. The molecule has 8 nitrogen and oxygen atoms in total. The molecule has 1 fully saturated rings. The maximum Gasteiger partial charge on any atom is 0.307 e. The number of hydrogen-bond acceptors (Lipinski definition) is 6. The van der Waals surface area contributed by atoms with Crippen LogP contribution < -0.4 is 5.56 Å². The van der Waals surface area contributed by atoms with Crippen LogP contribution >= 0.6 is 0 Å². The van der Waals surface area contributed by atoms with E-state index in [-0.39, 0.29) is 24.3 Å². The first-order valence-corrected chi connectivity index (χ1v) is 10.2. The summed E-state index contributed by atoms with van der Waals surface area (Å²) >= 11 is 0. The Bertz CT molecular complexity index is 1120. The number of nitrogens with one attached hydrogen (secondary N) is 1. The van der Waals surface area contributed by atoms with Gasteiger partial charge in [-0.25, -0.2) is 4.98 Å². The van der Waals surface area contributed by atoms with Crippen molar-refractivity contribution in [3.8, 4) is 0 Å². The van der Waals surface area contributed by atoms with Crippen molar-refractivity contribution in [2.75, 3.05) is 26.3 Å². The van der Waals surface area contributed by atoms with Crippen molar-refractivity contribution in [1.29, 1.82) is 0 Å². The number of benzene rings is 2. The summed E-state index contributed by atoms with van der Waals surface area (Å²) in [5.41, 5.74) is 0.933. The van der Waals surface area contributed by atoms with Crippen LogP contribution in [0.3, 0.4) is 0 Å². The fourth-order valence-corrected chi connectivity index (χ4v) is 3.50. The minimum Gasteiger partial charge on any atom is -0.447 e. The first-order chi connectivity index (χ1) is 15.1. The largest absolute Gasteiger partial charge is 0.447 e. The standard InChI is InChI=1S/C23H23N3O5/c27-20(11-10-19-24-18-9-5-4-8-17(18)22(28)25-19)31-21(16-6-2-1-3-7-16)23(29)26-12-14-30-15-13-26/h1-9,21H,10-15H2,(H,24,25,28)/t21-/m0/s1. The van der Waals surface area contributed by atoms with Crippen molar-refractivity contribution in [2.24, 2.45) is 0 Å². The highest BCUT2D eigenvalue weighted by molar-refractivity contribution is 5.85. The molecule has 31 heavy (non-hydrogen) atoms. The number of nitrogens with zero attached hydrogens (tertiary/aromatic N) is 2. The van der Waals surface area contributed by atoms with Crippen LogP contribution in [0.5, 0.6) is 0 Å². The summed E-state index contributed by atoms with van der Waals surface area (Å²) in [6.45, 7) is 1.84. The molecule has 8 heteroatoms. The zero-order valence-corrected chi connectivity index (χ0v) is 17.0. The highest BCUT2D eigenvalue weighted by atomic mass is 16.5. The van der Waals surface area contributed by atoms with Crippen molar-refractivity contribution in [1.82, 2.24) is 14.9 Å². The number of hydrogen-bond donors (Lipinski definition) is 1. The van der Waals surface area contributed by atoms with E-state index in [1.807, 2.05) is 6.07 Å². The monoisotopic (exact) mass is 421 g/mol. The van der Waals surface area contributed by atoms with E-state index in [9.17, 15) is 14.4 Å². The molecule has 1 aliphatic rings. The second kappa shape index (κ2) is 9.53. The molecule has 4 rings (SSSR count). The van der Waals surface area contributed by atoms with E-state index in [2.05, 4.69) is 9.97 Å². The molecule has 1 aliphatic heterocycles. The molecule has 0 bridgehead atoms. The first-order valence-electron chi connectivity index (χ1n) is 10.2. The lowest BCUT2D eigenvalue weighted by Crippen LogP contribution is -2.44. The third-order valence-electron chi connectivity index (χ3n) is 5.13. The van der Waals surface area contributed by atoms with Gasteiger partial charge in [-0.1, -0.05) is 42.5 Å². The minimum absolute atomic E-state index is 0.0129. The lowest BCUT2D eigenvalue weighted by molar-refractivity contribution is -0.162. The number of esters is 1. The van der Waals surface area contributed by atoms with Gasteiger partial charge >= 0.3 is 5.97 Å². The number of aromatic amines is 1. The van der Waals surface area contributed by atoms with E-state index in [1.165, 1.54) is 0 Å². The molecule has 1 aromatic heterocycles. The molecule has 0 unspecified atom stereocenters. The number of fused-ring (bicyclic) bond motifs is 1. The molecule has 1 N–H and O–H groups in total. The second-order valence-corrected chi connectivity index (χ2v) is 7.25. The Morgan fingerprint density at radius 2 is 1.77 bits per heavy atom. The van der Waals surface area contributed by atoms with Crippen LogP contribution in [0.15, 0.2) is 59.4 Å². The average molecular weight is 421 g/mol. The van der Waals surface area contributed by atoms with Gasteiger partial charge in [0.05, 0.1) is 30.5 Å². The summed E-state index contributed by atoms with van der Waals surface area (Å²) < 4.78 is 10.9. The second-order valence-electron chi connectivity index (χ2n) is 7.25. The number of morpholine rings is 1. The number of rotatable bonds is 6. The number of aryl methyl sites for hydroxylation is 1. The molecule has 0 radical (unpaired) electrons. The Morgan fingerprint density at radius 3 is 2.55 bits per heavy atom. The highest BCUT2D eigenvalue weighted by Crippen LogP contribution is 2.22. The lowest BCUT2D eigenvalue weighted by atomic mass is 10.1.